The zero-order valence-electron chi connectivity index (χ0n) is 16.2. The lowest BCUT2D eigenvalue weighted by Crippen LogP contribution is -2.35. The summed E-state index contributed by atoms with van der Waals surface area (Å²) >= 11 is 18.2. The van der Waals surface area contributed by atoms with Gasteiger partial charge in [0.1, 0.15) is 0 Å². The van der Waals surface area contributed by atoms with Crippen molar-refractivity contribution in [1.29, 1.82) is 0 Å². The van der Waals surface area contributed by atoms with Gasteiger partial charge in [-0.05, 0) is 44.0 Å². The molecule has 1 N–H and O–H groups in total. The van der Waals surface area contributed by atoms with Crippen LogP contribution >= 0.6 is 34.8 Å². The Balaban J connectivity index is 1.79. The molecule has 10 heteroatoms. The standard InChI is InChI=1S/C20H20Cl3N3O3S/c1-13(16-8-9-17(21)19(23)18(16)22)24-25-20(27)14-6-5-7-15(12-14)30(28,29)26-10-3-2-4-11-26/h5-9,12H,2-4,10-11H2,1H3,(H,25,27). The number of piperidine rings is 1. The molecule has 1 heterocycles. The van der Waals surface area contributed by atoms with Gasteiger partial charge in [-0.2, -0.15) is 9.41 Å². The molecule has 1 fully saturated rings. The second-order valence-electron chi connectivity index (χ2n) is 6.85. The molecule has 2 aromatic carbocycles. The Morgan fingerprint density at radius 1 is 1.03 bits per heavy atom. The average Bonchev–Trinajstić information content (AvgIpc) is 2.76. The van der Waals surface area contributed by atoms with Crippen LogP contribution in [0.25, 0.3) is 0 Å². The molecule has 160 valence electrons. The van der Waals surface area contributed by atoms with E-state index in [4.69, 9.17) is 34.8 Å². The molecule has 2 aromatic rings. The first-order valence-electron chi connectivity index (χ1n) is 9.30. The first kappa shape index (κ1) is 23.0. The Morgan fingerprint density at radius 2 is 1.73 bits per heavy atom. The molecule has 30 heavy (non-hydrogen) atoms. The number of halogens is 3. The molecule has 1 saturated heterocycles. The van der Waals surface area contributed by atoms with Gasteiger partial charge in [-0.15, -0.1) is 0 Å². The molecule has 0 aliphatic carbocycles. The maximum Gasteiger partial charge on any atom is 0.271 e. The fourth-order valence-electron chi connectivity index (χ4n) is 3.12. The van der Waals surface area contributed by atoms with Crippen LogP contribution in [0.2, 0.25) is 15.1 Å². The molecular weight excluding hydrogens is 469 g/mol. The number of hydrogen-bond donors (Lipinski definition) is 1. The van der Waals surface area contributed by atoms with Crippen LogP contribution in [0.15, 0.2) is 46.4 Å². The maximum atomic E-state index is 12.8. The highest BCUT2D eigenvalue weighted by Crippen LogP contribution is 2.32. The minimum atomic E-state index is -3.63. The van der Waals surface area contributed by atoms with Crippen LogP contribution < -0.4 is 5.43 Å². The van der Waals surface area contributed by atoms with E-state index < -0.39 is 15.9 Å². The second kappa shape index (κ2) is 9.66. The van der Waals surface area contributed by atoms with Crippen LogP contribution in [0, 0.1) is 0 Å². The highest BCUT2D eigenvalue weighted by molar-refractivity contribution is 7.89. The van der Waals surface area contributed by atoms with Crippen LogP contribution in [0.1, 0.15) is 42.1 Å². The fourth-order valence-corrected chi connectivity index (χ4v) is 5.35. The predicted octanol–water partition coefficient (Wildman–Crippen LogP) is 4.98. The maximum absolute atomic E-state index is 12.8. The molecular formula is C20H20Cl3N3O3S. The summed E-state index contributed by atoms with van der Waals surface area (Å²) in [5.74, 6) is -0.541. The Bertz CT molecular complexity index is 1100. The van der Waals surface area contributed by atoms with Crippen molar-refractivity contribution in [1.82, 2.24) is 9.73 Å². The molecule has 6 nitrogen and oxygen atoms in total. The van der Waals surface area contributed by atoms with Gasteiger partial charge >= 0.3 is 0 Å². The van der Waals surface area contributed by atoms with Crippen molar-refractivity contribution >= 4 is 56.4 Å². The van der Waals surface area contributed by atoms with Crippen molar-refractivity contribution < 1.29 is 13.2 Å². The number of rotatable bonds is 5. The highest BCUT2D eigenvalue weighted by atomic mass is 35.5. The van der Waals surface area contributed by atoms with Gasteiger partial charge in [0.25, 0.3) is 5.91 Å². The van der Waals surface area contributed by atoms with Crippen LogP contribution in [0.4, 0.5) is 0 Å². The molecule has 1 aliphatic rings. The molecule has 0 radical (unpaired) electrons. The van der Waals surface area contributed by atoms with E-state index in [-0.39, 0.29) is 20.5 Å². The quantitative estimate of drug-likeness (QED) is 0.366. The van der Waals surface area contributed by atoms with E-state index in [0.29, 0.717) is 29.4 Å². The van der Waals surface area contributed by atoms with E-state index >= 15 is 0 Å². The van der Waals surface area contributed by atoms with Crippen molar-refractivity contribution in [3.63, 3.8) is 0 Å². The molecule has 1 amide bonds. The summed E-state index contributed by atoms with van der Waals surface area (Å²) in [4.78, 5) is 12.6. The smallest absolute Gasteiger partial charge is 0.267 e. The van der Waals surface area contributed by atoms with Crippen LogP contribution in [-0.4, -0.2) is 37.4 Å². The minimum Gasteiger partial charge on any atom is -0.267 e. The van der Waals surface area contributed by atoms with E-state index in [0.717, 1.165) is 19.3 Å². The van der Waals surface area contributed by atoms with Crippen LogP contribution in [0.3, 0.4) is 0 Å². The summed E-state index contributed by atoms with van der Waals surface area (Å²) in [6.45, 7) is 2.64. The highest BCUT2D eigenvalue weighted by Gasteiger charge is 2.26. The molecule has 0 unspecified atom stereocenters. The van der Waals surface area contributed by atoms with Crippen molar-refractivity contribution in [3.05, 3.63) is 62.6 Å². The fraction of sp³-hybridized carbons (Fsp3) is 0.300. The topological polar surface area (TPSA) is 78.8 Å². The van der Waals surface area contributed by atoms with E-state index in [9.17, 15) is 13.2 Å². The Labute approximate surface area is 190 Å². The normalized spacial score (nSPS) is 15.8. The number of nitrogens with one attached hydrogen (secondary N) is 1. The lowest BCUT2D eigenvalue weighted by Gasteiger charge is -2.25. The SMILES string of the molecule is CC(=NNC(=O)c1cccc(S(=O)(=O)N2CCCCC2)c1)c1ccc(Cl)c(Cl)c1Cl. The number of hydrazone groups is 1. The van der Waals surface area contributed by atoms with Crippen molar-refractivity contribution in [2.45, 2.75) is 31.1 Å². The minimum absolute atomic E-state index is 0.0882. The molecule has 0 saturated carbocycles. The van der Waals surface area contributed by atoms with Gasteiger partial charge in [0.05, 0.1) is 25.7 Å². The van der Waals surface area contributed by atoms with Gasteiger partial charge in [0.2, 0.25) is 10.0 Å². The number of amides is 1. The molecule has 0 aromatic heterocycles. The Morgan fingerprint density at radius 3 is 2.43 bits per heavy atom. The van der Waals surface area contributed by atoms with Crippen molar-refractivity contribution in [2.75, 3.05) is 13.1 Å². The van der Waals surface area contributed by atoms with Gasteiger partial charge in [0, 0.05) is 24.2 Å². The van der Waals surface area contributed by atoms with Crippen LogP contribution in [0.5, 0.6) is 0 Å². The summed E-state index contributed by atoms with van der Waals surface area (Å²) < 4.78 is 27.1. The second-order valence-corrected chi connectivity index (χ2v) is 9.95. The summed E-state index contributed by atoms with van der Waals surface area (Å²) in [7, 11) is -3.63. The number of carbonyl (C=O) groups excluding carboxylic acids is 1. The van der Waals surface area contributed by atoms with E-state index in [1.807, 2.05) is 0 Å². The van der Waals surface area contributed by atoms with E-state index in [2.05, 4.69) is 10.5 Å². The third-order valence-electron chi connectivity index (χ3n) is 4.80. The van der Waals surface area contributed by atoms with Gasteiger partial charge < -0.3 is 0 Å². The largest absolute Gasteiger partial charge is 0.271 e. The molecule has 0 spiro atoms. The van der Waals surface area contributed by atoms with Gasteiger partial charge in [-0.25, -0.2) is 13.8 Å². The van der Waals surface area contributed by atoms with Crippen molar-refractivity contribution in [2.24, 2.45) is 5.10 Å². The summed E-state index contributed by atoms with van der Waals surface area (Å²) in [6.07, 6.45) is 2.70. The molecule has 3 rings (SSSR count). The third kappa shape index (κ3) is 4.98. The number of sulfonamides is 1. The van der Waals surface area contributed by atoms with E-state index in [1.54, 1.807) is 19.1 Å². The molecule has 0 bridgehead atoms. The monoisotopic (exact) mass is 487 g/mol. The Hall–Kier alpha value is -1.64. The first-order chi connectivity index (χ1) is 14.2. The number of benzene rings is 2. The lowest BCUT2D eigenvalue weighted by atomic mass is 10.1. The summed E-state index contributed by atoms with van der Waals surface area (Å²) in [5.41, 5.74) is 3.55. The van der Waals surface area contributed by atoms with E-state index in [1.165, 1.54) is 28.6 Å². The van der Waals surface area contributed by atoms with Crippen LogP contribution in [-0.2, 0) is 10.0 Å². The zero-order chi connectivity index (χ0) is 21.9. The van der Waals surface area contributed by atoms with Gasteiger partial charge in [0.15, 0.2) is 0 Å². The number of nitrogens with zero attached hydrogens (tertiary/aromatic N) is 2. The molecule has 1 aliphatic heterocycles. The average molecular weight is 489 g/mol. The number of carbonyl (C=O) groups is 1. The van der Waals surface area contributed by atoms with Gasteiger partial charge in [-0.3, -0.25) is 4.79 Å². The first-order valence-corrected chi connectivity index (χ1v) is 11.9. The predicted molar refractivity (Wildman–Crippen MR) is 120 cm³/mol. The summed E-state index contributed by atoms with van der Waals surface area (Å²) in [5, 5.41) is 4.80. The van der Waals surface area contributed by atoms with Crippen molar-refractivity contribution in [3.8, 4) is 0 Å². The van der Waals surface area contributed by atoms with Gasteiger partial charge in [-0.1, -0.05) is 53.4 Å². The third-order valence-corrected chi connectivity index (χ3v) is 7.99. The summed E-state index contributed by atoms with van der Waals surface area (Å²) in [6, 6.07) is 9.15. The zero-order valence-corrected chi connectivity index (χ0v) is 19.2. The lowest BCUT2D eigenvalue weighted by molar-refractivity contribution is 0.0954. The Kier molecular flexibility index (Phi) is 7.42. The molecule has 0 atom stereocenters. The number of hydrogen-bond acceptors (Lipinski definition) is 4.